The second-order valence-corrected chi connectivity index (χ2v) is 9.17. The van der Waals surface area contributed by atoms with Crippen LogP contribution in [0.5, 0.6) is 5.75 Å². The van der Waals surface area contributed by atoms with Crippen molar-refractivity contribution in [3.05, 3.63) is 48.3 Å². The number of halogens is 1. The zero-order chi connectivity index (χ0) is 22.2. The number of nitrogens with one attached hydrogen (secondary N) is 2. The van der Waals surface area contributed by atoms with E-state index in [2.05, 4.69) is 10.6 Å². The Labute approximate surface area is 178 Å². The van der Waals surface area contributed by atoms with Crippen LogP contribution in [0.1, 0.15) is 6.92 Å². The van der Waals surface area contributed by atoms with E-state index in [1.807, 2.05) is 0 Å². The normalized spacial score (nSPS) is 19.2. The van der Waals surface area contributed by atoms with Crippen LogP contribution in [0.2, 0.25) is 0 Å². The number of anilines is 2. The first kappa shape index (κ1) is 21.1. The van der Waals surface area contributed by atoms with Crippen molar-refractivity contribution in [1.29, 1.82) is 0 Å². The van der Waals surface area contributed by atoms with Crippen molar-refractivity contribution in [3.8, 4) is 5.75 Å². The average molecular weight is 448 g/mol. The van der Waals surface area contributed by atoms with Crippen LogP contribution in [-0.4, -0.2) is 61.8 Å². The highest BCUT2D eigenvalue weighted by Gasteiger charge is 2.32. The van der Waals surface area contributed by atoms with E-state index in [-0.39, 0.29) is 43.0 Å². The third-order valence-electron chi connectivity index (χ3n) is 5.14. The van der Waals surface area contributed by atoms with Crippen molar-refractivity contribution in [2.24, 2.45) is 0 Å². The van der Waals surface area contributed by atoms with Crippen molar-refractivity contribution >= 4 is 33.3 Å². The number of benzene rings is 2. The maximum Gasteiger partial charge on any atom is 0.321 e. The third-order valence-corrected chi connectivity index (χ3v) is 7.04. The van der Waals surface area contributed by atoms with Crippen LogP contribution in [0.15, 0.2) is 47.4 Å². The van der Waals surface area contributed by atoms with Gasteiger partial charge in [0.2, 0.25) is 10.0 Å². The predicted octanol–water partition coefficient (Wildman–Crippen LogP) is 2.08. The summed E-state index contributed by atoms with van der Waals surface area (Å²) in [5, 5.41) is 5.31. The Morgan fingerprint density at radius 3 is 2.48 bits per heavy atom. The molecule has 0 radical (unpaired) electrons. The lowest BCUT2D eigenvalue weighted by molar-refractivity contribution is -0.122. The minimum Gasteiger partial charge on any atom is -0.479 e. The molecule has 164 valence electrons. The third kappa shape index (κ3) is 4.32. The maximum absolute atomic E-state index is 13.0. The summed E-state index contributed by atoms with van der Waals surface area (Å²) in [6, 6.07) is 9.34. The summed E-state index contributed by atoms with van der Waals surface area (Å²) in [6.07, 6.45) is -0.649. The quantitative estimate of drug-likeness (QED) is 0.748. The number of hydrogen-bond donors (Lipinski definition) is 2. The van der Waals surface area contributed by atoms with E-state index in [4.69, 9.17) is 4.74 Å². The summed E-state index contributed by atoms with van der Waals surface area (Å²) in [6.45, 7) is 2.25. The number of ether oxygens (including phenoxy) is 1. The van der Waals surface area contributed by atoms with Crippen LogP contribution >= 0.6 is 0 Å². The van der Waals surface area contributed by atoms with Gasteiger partial charge in [-0.3, -0.25) is 4.79 Å². The van der Waals surface area contributed by atoms with Crippen LogP contribution in [0.3, 0.4) is 0 Å². The Balaban J connectivity index is 1.41. The highest BCUT2D eigenvalue weighted by molar-refractivity contribution is 7.89. The van der Waals surface area contributed by atoms with Gasteiger partial charge in [0.15, 0.2) is 6.10 Å². The molecule has 31 heavy (non-hydrogen) atoms. The highest BCUT2D eigenvalue weighted by atomic mass is 32.2. The fourth-order valence-electron chi connectivity index (χ4n) is 3.36. The summed E-state index contributed by atoms with van der Waals surface area (Å²) < 4.78 is 45.8. The fraction of sp³-hybridized carbons (Fsp3) is 0.300. The Bertz CT molecular complexity index is 1110. The lowest BCUT2D eigenvalue weighted by Gasteiger charge is -2.34. The van der Waals surface area contributed by atoms with Crippen LogP contribution in [0, 0.1) is 5.82 Å². The van der Waals surface area contributed by atoms with E-state index in [1.165, 1.54) is 51.7 Å². The van der Waals surface area contributed by atoms with Gasteiger partial charge in [-0.2, -0.15) is 4.31 Å². The number of nitrogens with zero attached hydrogens (tertiary/aromatic N) is 2. The molecule has 2 aromatic rings. The summed E-state index contributed by atoms with van der Waals surface area (Å²) in [4.78, 5) is 25.7. The molecule has 11 heteroatoms. The van der Waals surface area contributed by atoms with Gasteiger partial charge < -0.3 is 20.3 Å². The zero-order valence-electron chi connectivity index (χ0n) is 16.7. The van der Waals surface area contributed by atoms with Gasteiger partial charge in [0.25, 0.3) is 5.91 Å². The van der Waals surface area contributed by atoms with Crippen molar-refractivity contribution in [3.63, 3.8) is 0 Å². The number of hydrogen-bond acceptors (Lipinski definition) is 5. The van der Waals surface area contributed by atoms with Gasteiger partial charge in [-0.05, 0) is 49.4 Å². The van der Waals surface area contributed by atoms with Crippen LogP contribution in [0.4, 0.5) is 20.6 Å². The molecule has 2 heterocycles. The molecule has 1 fully saturated rings. The van der Waals surface area contributed by atoms with Crippen molar-refractivity contribution in [2.45, 2.75) is 17.9 Å². The molecule has 0 unspecified atom stereocenters. The summed E-state index contributed by atoms with van der Waals surface area (Å²) in [5.74, 6) is -0.337. The van der Waals surface area contributed by atoms with Crippen molar-refractivity contribution in [2.75, 3.05) is 36.8 Å². The molecule has 0 aromatic heterocycles. The van der Waals surface area contributed by atoms with E-state index in [9.17, 15) is 22.4 Å². The first-order chi connectivity index (χ1) is 14.7. The summed E-state index contributed by atoms with van der Waals surface area (Å²) >= 11 is 0. The Morgan fingerprint density at radius 1 is 1.13 bits per heavy atom. The monoisotopic (exact) mass is 448 g/mol. The number of rotatable bonds is 3. The van der Waals surface area contributed by atoms with E-state index >= 15 is 0 Å². The lowest BCUT2D eigenvalue weighted by atomic mass is 10.2. The molecule has 0 spiro atoms. The number of sulfonamides is 1. The standard InChI is InChI=1S/C20H21FN4O5S/c1-13-19(26)23-17-12-16(6-7-18(17)30-13)31(28,29)25-10-8-24(9-11-25)20(27)22-15-4-2-14(21)3-5-15/h2-7,12-13H,8-11H2,1H3,(H,22,27)(H,23,26)/t13-/m0/s1. The summed E-state index contributed by atoms with van der Waals surface area (Å²) in [7, 11) is -3.81. The predicted molar refractivity (Wildman–Crippen MR) is 111 cm³/mol. The highest BCUT2D eigenvalue weighted by Crippen LogP contribution is 2.33. The van der Waals surface area contributed by atoms with Gasteiger partial charge in [-0.1, -0.05) is 0 Å². The minimum absolute atomic E-state index is 0.0360. The molecule has 9 nitrogen and oxygen atoms in total. The SMILES string of the molecule is C[C@@H]1Oc2ccc(S(=O)(=O)N3CCN(C(=O)Nc4ccc(F)cc4)CC3)cc2NC1=O. The van der Waals surface area contributed by atoms with Crippen LogP contribution < -0.4 is 15.4 Å². The minimum atomic E-state index is -3.81. The van der Waals surface area contributed by atoms with Gasteiger partial charge in [-0.15, -0.1) is 0 Å². The molecule has 3 amide bonds. The second kappa shape index (κ2) is 8.16. The van der Waals surface area contributed by atoms with E-state index < -0.39 is 21.9 Å². The Hall–Kier alpha value is -3.18. The molecule has 1 saturated heterocycles. The van der Waals surface area contributed by atoms with E-state index in [0.29, 0.717) is 17.1 Å². The molecule has 2 aromatic carbocycles. The molecule has 0 aliphatic carbocycles. The summed E-state index contributed by atoms with van der Waals surface area (Å²) in [5.41, 5.74) is 0.760. The molecule has 2 aliphatic rings. The molecular formula is C20H21FN4O5S. The van der Waals surface area contributed by atoms with Gasteiger partial charge in [0, 0.05) is 31.9 Å². The van der Waals surface area contributed by atoms with Gasteiger partial charge in [0.05, 0.1) is 10.6 Å². The number of carbonyl (C=O) groups excluding carboxylic acids is 2. The largest absolute Gasteiger partial charge is 0.479 e. The molecule has 4 rings (SSSR count). The average Bonchev–Trinajstić information content (AvgIpc) is 2.76. The zero-order valence-corrected chi connectivity index (χ0v) is 17.5. The molecule has 0 bridgehead atoms. The van der Waals surface area contributed by atoms with Crippen molar-refractivity contribution in [1.82, 2.24) is 9.21 Å². The second-order valence-electron chi connectivity index (χ2n) is 7.24. The topological polar surface area (TPSA) is 108 Å². The van der Waals surface area contributed by atoms with Crippen LogP contribution in [-0.2, 0) is 14.8 Å². The maximum atomic E-state index is 13.0. The number of carbonyl (C=O) groups is 2. The van der Waals surface area contributed by atoms with Gasteiger partial charge in [0.1, 0.15) is 11.6 Å². The number of amides is 3. The van der Waals surface area contributed by atoms with Crippen molar-refractivity contribution < 1.29 is 27.1 Å². The Morgan fingerprint density at radius 2 is 1.81 bits per heavy atom. The first-order valence-electron chi connectivity index (χ1n) is 9.67. The molecular weight excluding hydrogens is 427 g/mol. The molecule has 2 aliphatic heterocycles. The van der Waals surface area contributed by atoms with Gasteiger partial charge in [-0.25, -0.2) is 17.6 Å². The fourth-order valence-corrected chi connectivity index (χ4v) is 4.81. The molecule has 0 saturated carbocycles. The first-order valence-corrected chi connectivity index (χ1v) is 11.1. The van der Waals surface area contributed by atoms with Crippen LogP contribution in [0.25, 0.3) is 0 Å². The molecule has 2 N–H and O–H groups in total. The lowest BCUT2D eigenvalue weighted by Crippen LogP contribution is -2.51. The smallest absolute Gasteiger partial charge is 0.321 e. The number of piperazine rings is 1. The Kier molecular flexibility index (Phi) is 5.54. The number of urea groups is 1. The van der Waals surface area contributed by atoms with Gasteiger partial charge >= 0.3 is 6.03 Å². The van der Waals surface area contributed by atoms with E-state index in [0.717, 1.165) is 0 Å². The van der Waals surface area contributed by atoms with E-state index in [1.54, 1.807) is 6.92 Å². The number of fused-ring (bicyclic) bond motifs is 1. The molecule has 1 atom stereocenters.